The maximum Gasteiger partial charge on any atom is 0.160 e. The van der Waals surface area contributed by atoms with Gasteiger partial charge < -0.3 is 16.0 Å². The van der Waals surface area contributed by atoms with Crippen LogP contribution in [0.1, 0.15) is 40.0 Å². The van der Waals surface area contributed by atoms with Crippen LogP contribution in [0.5, 0.6) is 0 Å². The second-order valence-corrected chi connectivity index (χ2v) is 9.70. The zero-order chi connectivity index (χ0) is 18.5. The monoisotopic (exact) mass is 416 g/mol. The third-order valence-corrected chi connectivity index (χ3v) is 5.99. The fourth-order valence-electron chi connectivity index (χ4n) is 4.99. The van der Waals surface area contributed by atoms with E-state index in [0.717, 1.165) is 16.8 Å². The number of nitrogens with zero attached hydrogens (tertiary/aromatic N) is 4. The number of pyridine rings is 1. The van der Waals surface area contributed by atoms with Gasteiger partial charge in [0.25, 0.3) is 0 Å². The van der Waals surface area contributed by atoms with E-state index in [1.54, 1.807) is 12.5 Å². The van der Waals surface area contributed by atoms with Crippen molar-refractivity contribution < 1.29 is 0 Å². The lowest BCUT2D eigenvalue weighted by Crippen LogP contribution is -2.35. The van der Waals surface area contributed by atoms with Crippen molar-refractivity contribution in [3.05, 3.63) is 29.1 Å². The van der Waals surface area contributed by atoms with E-state index in [4.69, 9.17) is 5.73 Å². The first-order valence-electron chi connectivity index (χ1n) is 9.00. The van der Waals surface area contributed by atoms with Crippen LogP contribution >= 0.6 is 15.9 Å². The van der Waals surface area contributed by atoms with Gasteiger partial charge in [0.15, 0.2) is 11.6 Å². The summed E-state index contributed by atoms with van der Waals surface area (Å²) in [6, 6.07) is 4.30. The lowest BCUT2D eigenvalue weighted by molar-refractivity contribution is 0.136. The van der Waals surface area contributed by atoms with Gasteiger partial charge in [0.2, 0.25) is 0 Å². The summed E-state index contributed by atoms with van der Waals surface area (Å²) in [5, 5.41) is 3.21. The molecule has 2 bridgehead atoms. The van der Waals surface area contributed by atoms with Gasteiger partial charge in [-0.05, 0) is 58.2 Å². The van der Waals surface area contributed by atoms with Gasteiger partial charge in [-0.3, -0.25) is 0 Å². The number of hydrogen-bond donors (Lipinski definition) is 2. The number of rotatable bonds is 3. The van der Waals surface area contributed by atoms with Crippen LogP contribution in [0.15, 0.2) is 29.1 Å². The van der Waals surface area contributed by atoms with Crippen LogP contribution in [-0.2, 0) is 0 Å². The Hall–Kier alpha value is -1.89. The normalized spacial score (nSPS) is 26.8. The molecular weight excluding hydrogens is 392 g/mol. The van der Waals surface area contributed by atoms with Gasteiger partial charge in [-0.1, -0.05) is 20.8 Å². The average molecular weight is 417 g/mol. The Morgan fingerprint density at radius 3 is 2.73 bits per heavy atom. The van der Waals surface area contributed by atoms with Gasteiger partial charge in [-0.15, -0.1) is 0 Å². The summed E-state index contributed by atoms with van der Waals surface area (Å²) >= 11 is 3.39. The molecule has 138 valence electrons. The molecule has 3 heterocycles. The number of hydrogen-bond acceptors (Lipinski definition) is 6. The molecule has 7 heteroatoms. The third-order valence-electron chi connectivity index (χ3n) is 5.52. The molecule has 1 aliphatic heterocycles. The Bertz CT molecular complexity index is 821. The number of aromatic nitrogens is 3. The molecule has 1 aliphatic carbocycles. The van der Waals surface area contributed by atoms with Crippen LogP contribution in [-0.4, -0.2) is 27.5 Å². The van der Waals surface area contributed by atoms with Gasteiger partial charge in [-0.2, -0.15) is 0 Å². The number of nitrogen functional groups attached to an aromatic ring is 1. The summed E-state index contributed by atoms with van der Waals surface area (Å²) in [6.45, 7) is 8.13. The third kappa shape index (κ3) is 3.24. The Morgan fingerprint density at radius 2 is 2.00 bits per heavy atom. The number of nitrogens with one attached hydrogen (secondary N) is 1. The fourth-order valence-corrected chi connectivity index (χ4v) is 5.23. The summed E-state index contributed by atoms with van der Waals surface area (Å²) in [5.74, 6) is 2.15. The Labute approximate surface area is 162 Å². The highest BCUT2D eigenvalue weighted by Crippen LogP contribution is 2.54. The molecule has 2 unspecified atom stereocenters. The van der Waals surface area contributed by atoms with E-state index in [0.29, 0.717) is 34.2 Å². The van der Waals surface area contributed by atoms with Crippen LogP contribution in [0.2, 0.25) is 0 Å². The molecule has 2 fully saturated rings. The predicted octanol–water partition coefficient (Wildman–Crippen LogP) is 4.36. The highest BCUT2D eigenvalue weighted by atomic mass is 79.9. The van der Waals surface area contributed by atoms with Gasteiger partial charge in [0.1, 0.15) is 17.8 Å². The van der Waals surface area contributed by atoms with E-state index < -0.39 is 0 Å². The Morgan fingerprint density at radius 1 is 1.19 bits per heavy atom. The second kappa shape index (κ2) is 6.08. The summed E-state index contributed by atoms with van der Waals surface area (Å²) < 4.78 is 0.930. The summed E-state index contributed by atoms with van der Waals surface area (Å²) in [7, 11) is 0. The molecule has 0 spiro atoms. The van der Waals surface area contributed by atoms with Crippen LogP contribution in [0.25, 0.3) is 0 Å². The standard InChI is InChI=1S/C19H25BrN6/c1-18(2)6-13-7-19(3,9-18)10-26(13)17-15(21)16(23-11-24-17)25-14-5-4-12(20)8-22-14/h4-5,8,11,13H,6-7,9-10,21H2,1-3H3,(H,22,23,24,25). The van der Waals surface area contributed by atoms with E-state index >= 15 is 0 Å². The van der Waals surface area contributed by atoms with E-state index in [2.05, 4.69) is 61.9 Å². The molecule has 4 rings (SSSR count). The van der Waals surface area contributed by atoms with Crippen LogP contribution in [0, 0.1) is 10.8 Å². The number of anilines is 4. The topological polar surface area (TPSA) is 80.0 Å². The molecule has 6 nitrogen and oxygen atoms in total. The molecule has 1 saturated heterocycles. The fraction of sp³-hybridized carbons (Fsp3) is 0.526. The molecule has 2 aromatic heterocycles. The minimum atomic E-state index is 0.324. The van der Waals surface area contributed by atoms with Gasteiger partial charge in [0.05, 0.1) is 0 Å². The summed E-state index contributed by atoms with van der Waals surface area (Å²) in [4.78, 5) is 15.6. The molecule has 0 amide bonds. The van der Waals surface area contributed by atoms with Crippen LogP contribution in [0.3, 0.4) is 0 Å². The van der Waals surface area contributed by atoms with Crippen molar-refractivity contribution in [2.24, 2.45) is 10.8 Å². The number of fused-ring (bicyclic) bond motifs is 2. The molecule has 3 N–H and O–H groups in total. The van der Waals surface area contributed by atoms with Crippen molar-refractivity contribution in [2.45, 2.75) is 46.1 Å². The number of halogens is 1. The van der Waals surface area contributed by atoms with Crippen molar-refractivity contribution in [3.63, 3.8) is 0 Å². The minimum absolute atomic E-state index is 0.324. The summed E-state index contributed by atoms with van der Waals surface area (Å²) in [6.07, 6.45) is 6.95. The minimum Gasteiger partial charge on any atom is -0.393 e. The van der Waals surface area contributed by atoms with Gasteiger partial charge >= 0.3 is 0 Å². The Balaban J connectivity index is 1.63. The van der Waals surface area contributed by atoms with Crippen molar-refractivity contribution in [1.82, 2.24) is 15.0 Å². The quantitative estimate of drug-likeness (QED) is 0.772. The zero-order valence-electron chi connectivity index (χ0n) is 15.5. The van der Waals surface area contributed by atoms with Crippen molar-refractivity contribution in [3.8, 4) is 0 Å². The average Bonchev–Trinajstić information content (AvgIpc) is 2.80. The van der Waals surface area contributed by atoms with Crippen LogP contribution < -0.4 is 16.0 Å². The summed E-state index contributed by atoms with van der Waals surface area (Å²) in [5.41, 5.74) is 7.74. The SMILES string of the molecule is CC1(C)CC2CC(C)(CN2c2ncnc(Nc3ccc(Br)cn3)c2N)C1. The smallest absolute Gasteiger partial charge is 0.160 e. The molecule has 1 saturated carbocycles. The Kier molecular flexibility index (Phi) is 4.10. The largest absolute Gasteiger partial charge is 0.393 e. The maximum atomic E-state index is 6.47. The maximum absolute atomic E-state index is 6.47. The van der Waals surface area contributed by atoms with Crippen molar-refractivity contribution in [1.29, 1.82) is 0 Å². The van der Waals surface area contributed by atoms with Crippen LogP contribution in [0.4, 0.5) is 23.1 Å². The first-order chi connectivity index (χ1) is 12.2. The molecule has 0 radical (unpaired) electrons. The highest BCUT2D eigenvalue weighted by Gasteiger charge is 2.50. The van der Waals surface area contributed by atoms with E-state index in [9.17, 15) is 0 Å². The molecule has 26 heavy (non-hydrogen) atoms. The first kappa shape index (κ1) is 17.5. The van der Waals surface area contributed by atoms with E-state index in [-0.39, 0.29) is 0 Å². The molecule has 2 aliphatic rings. The molecule has 0 aromatic carbocycles. The number of nitrogens with two attached hydrogens (primary N) is 1. The lowest BCUT2D eigenvalue weighted by atomic mass is 9.65. The van der Waals surface area contributed by atoms with E-state index in [1.807, 2.05) is 12.1 Å². The zero-order valence-corrected chi connectivity index (χ0v) is 17.0. The highest BCUT2D eigenvalue weighted by molar-refractivity contribution is 9.10. The second-order valence-electron chi connectivity index (χ2n) is 8.79. The van der Waals surface area contributed by atoms with Crippen molar-refractivity contribution in [2.75, 3.05) is 22.5 Å². The molecule has 2 atom stereocenters. The molecular formula is C19H25BrN6. The van der Waals surface area contributed by atoms with E-state index in [1.165, 1.54) is 19.3 Å². The molecule has 2 aromatic rings. The first-order valence-corrected chi connectivity index (χ1v) is 9.80. The van der Waals surface area contributed by atoms with Gasteiger partial charge in [-0.25, -0.2) is 15.0 Å². The predicted molar refractivity (Wildman–Crippen MR) is 109 cm³/mol. The van der Waals surface area contributed by atoms with Gasteiger partial charge in [0, 0.05) is 23.3 Å². The lowest BCUT2D eigenvalue weighted by Gasteiger charge is -2.39. The van der Waals surface area contributed by atoms with Crippen molar-refractivity contribution >= 4 is 39.1 Å².